The molecule has 6 nitrogen and oxygen atoms in total. The number of carbonyl (C=O) groups is 2. The third-order valence-corrected chi connectivity index (χ3v) is 5.38. The molecule has 0 spiro atoms. The molecule has 1 aliphatic carbocycles. The molecule has 2 atom stereocenters. The van der Waals surface area contributed by atoms with Gasteiger partial charge in [0.1, 0.15) is 5.92 Å². The Morgan fingerprint density at radius 3 is 2.69 bits per heavy atom. The third kappa shape index (κ3) is 4.21. The molecule has 2 aliphatic rings. The van der Waals surface area contributed by atoms with Gasteiger partial charge in [0.05, 0.1) is 20.3 Å². The minimum absolute atomic E-state index is 0.0636. The van der Waals surface area contributed by atoms with E-state index in [0.29, 0.717) is 42.4 Å². The van der Waals surface area contributed by atoms with Gasteiger partial charge in [-0.1, -0.05) is 13.0 Å². The summed E-state index contributed by atoms with van der Waals surface area (Å²) in [7, 11) is 1.58. The summed E-state index contributed by atoms with van der Waals surface area (Å²) in [6.45, 7) is 6.58. The normalized spacial score (nSPS) is 21.4. The van der Waals surface area contributed by atoms with Crippen molar-refractivity contribution >= 4 is 17.5 Å². The maximum Gasteiger partial charge on any atom is 0.315 e. The predicted molar refractivity (Wildman–Crippen MR) is 111 cm³/mol. The summed E-state index contributed by atoms with van der Waals surface area (Å²) in [5.41, 5.74) is 2.97. The highest BCUT2D eigenvalue weighted by Crippen LogP contribution is 2.45. The van der Waals surface area contributed by atoms with Crippen LogP contribution in [0.3, 0.4) is 0 Å². The highest BCUT2D eigenvalue weighted by atomic mass is 16.5. The lowest BCUT2D eigenvalue weighted by Gasteiger charge is -2.34. The number of Topliss-reactive ketones (excluding diaryl/α,β-unsaturated/α-hetero) is 1. The molecule has 1 aromatic carbocycles. The van der Waals surface area contributed by atoms with E-state index in [0.717, 1.165) is 30.5 Å². The lowest BCUT2D eigenvalue weighted by atomic mass is 9.71. The Bertz CT molecular complexity index is 855. The van der Waals surface area contributed by atoms with Crippen molar-refractivity contribution in [3.05, 3.63) is 35.0 Å². The number of allylic oxidation sites excluding steroid dienone is 2. The van der Waals surface area contributed by atoms with Crippen LogP contribution in [0.25, 0.3) is 0 Å². The first-order valence-electron chi connectivity index (χ1n) is 10.3. The fraction of sp³-hybridized carbons (Fsp3) is 0.522. The first-order valence-corrected chi connectivity index (χ1v) is 10.3. The number of esters is 1. The van der Waals surface area contributed by atoms with E-state index in [1.54, 1.807) is 7.11 Å². The molecule has 29 heavy (non-hydrogen) atoms. The summed E-state index contributed by atoms with van der Waals surface area (Å²) in [6.07, 6.45) is 2.76. The summed E-state index contributed by atoms with van der Waals surface area (Å²) in [5, 5.41) is 0. The van der Waals surface area contributed by atoms with Crippen LogP contribution < -0.4 is 9.47 Å². The molecule has 0 saturated carbocycles. The smallest absolute Gasteiger partial charge is 0.315 e. The maximum absolute atomic E-state index is 13.0. The lowest BCUT2D eigenvalue weighted by molar-refractivity contribution is -0.146. The van der Waals surface area contributed by atoms with E-state index in [2.05, 4.69) is 4.99 Å². The molecular formula is C23H29NO5. The molecule has 1 aromatic rings. The number of carbonyl (C=O) groups excluding carboxylic acids is 2. The quantitative estimate of drug-likeness (QED) is 0.642. The number of rotatable bonds is 7. The standard InChI is InChI=1S/C23H29NO5/c1-5-12-29-23(26)20-14(3)24-16-8-7-9-17(25)22(16)21(20)15-10-11-18(28-6-2)19(13-15)27-4/h10-11,13,20-21H,5-9,12H2,1-4H3/t20?,21-/m0/s1. The summed E-state index contributed by atoms with van der Waals surface area (Å²) in [6, 6.07) is 5.60. The zero-order valence-electron chi connectivity index (χ0n) is 17.6. The van der Waals surface area contributed by atoms with Crippen molar-refractivity contribution < 1.29 is 23.8 Å². The van der Waals surface area contributed by atoms with Gasteiger partial charge in [0.15, 0.2) is 17.3 Å². The van der Waals surface area contributed by atoms with Gasteiger partial charge in [-0.2, -0.15) is 0 Å². The zero-order chi connectivity index (χ0) is 21.0. The van der Waals surface area contributed by atoms with Gasteiger partial charge in [0.25, 0.3) is 0 Å². The van der Waals surface area contributed by atoms with Gasteiger partial charge in [-0.25, -0.2) is 0 Å². The molecular weight excluding hydrogens is 370 g/mol. The molecule has 0 saturated heterocycles. The van der Waals surface area contributed by atoms with Crippen molar-refractivity contribution in [1.82, 2.24) is 0 Å². The fourth-order valence-electron chi connectivity index (χ4n) is 4.12. The Morgan fingerprint density at radius 1 is 1.21 bits per heavy atom. The van der Waals surface area contributed by atoms with E-state index >= 15 is 0 Å². The molecule has 1 aliphatic heterocycles. The highest BCUT2D eigenvalue weighted by molar-refractivity contribution is 6.08. The van der Waals surface area contributed by atoms with Gasteiger partial charge in [-0.3, -0.25) is 14.6 Å². The summed E-state index contributed by atoms with van der Waals surface area (Å²) < 4.78 is 16.6. The SMILES string of the molecule is CCCOC(=O)C1C(C)=NC2=C(C(=O)CCC2)[C@H]1c1ccc(OCC)c(OC)c1. The molecule has 0 fully saturated rings. The van der Waals surface area contributed by atoms with Gasteiger partial charge in [0, 0.05) is 29.3 Å². The van der Waals surface area contributed by atoms with Crippen molar-refractivity contribution in [3.8, 4) is 11.5 Å². The zero-order valence-corrected chi connectivity index (χ0v) is 17.6. The number of nitrogens with zero attached hydrogens (tertiary/aromatic N) is 1. The molecule has 156 valence electrons. The summed E-state index contributed by atoms with van der Waals surface area (Å²) in [5.74, 6) is -0.108. The summed E-state index contributed by atoms with van der Waals surface area (Å²) in [4.78, 5) is 30.5. The number of hydrogen-bond donors (Lipinski definition) is 0. The van der Waals surface area contributed by atoms with Crippen LogP contribution >= 0.6 is 0 Å². The second-order valence-electron chi connectivity index (χ2n) is 7.36. The number of benzene rings is 1. The number of hydrogen-bond acceptors (Lipinski definition) is 6. The van der Waals surface area contributed by atoms with Crippen LogP contribution in [0.5, 0.6) is 11.5 Å². The van der Waals surface area contributed by atoms with Crippen LogP contribution in [0, 0.1) is 5.92 Å². The molecule has 0 aromatic heterocycles. The fourth-order valence-corrected chi connectivity index (χ4v) is 4.12. The van der Waals surface area contributed by atoms with Crippen LogP contribution in [0.15, 0.2) is 34.5 Å². The number of ketones is 1. The average Bonchev–Trinajstić information content (AvgIpc) is 2.71. The van der Waals surface area contributed by atoms with E-state index in [1.165, 1.54) is 0 Å². The molecule has 3 rings (SSSR count). The first-order chi connectivity index (χ1) is 14.0. The van der Waals surface area contributed by atoms with E-state index in [4.69, 9.17) is 14.2 Å². The molecule has 6 heteroatoms. The van der Waals surface area contributed by atoms with Gasteiger partial charge in [-0.15, -0.1) is 0 Å². The highest BCUT2D eigenvalue weighted by Gasteiger charge is 2.43. The van der Waals surface area contributed by atoms with Crippen molar-refractivity contribution in [3.63, 3.8) is 0 Å². The van der Waals surface area contributed by atoms with Gasteiger partial charge in [-0.05, 0) is 50.8 Å². The molecule has 1 unspecified atom stereocenters. The monoisotopic (exact) mass is 399 g/mol. The van der Waals surface area contributed by atoms with E-state index in [1.807, 2.05) is 39.0 Å². The Morgan fingerprint density at radius 2 is 2.00 bits per heavy atom. The maximum atomic E-state index is 13.0. The Kier molecular flexibility index (Phi) is 6.72. The number of aliphatic imine (C=N–C) groups is 1. The predicted octanol–water partition coefficient (Wildman–Crippen LogP) is 4.23. The Balaban J connectivity index is 2.11. The molecule has 0 radical (unpaired) electrons. The van der Waals surface area contributed by atoms with Crippen molar-refractivity contribution in [2.75, 3.05) is 20.3 Å². The third-order valence-electron chi connectivity index (χ3n) is 5.38. The van der Waals surface area contributed by atoms with Crippen molar-refractivity contribution in [2.45, 2.75) is 52.4 Å². The molecule has 0 bridgehead atoms. The Hall–Kier alpha value is -2.63. The molecule has 1 heterocycles. The van der Waals surface area contributed by atoms with Crippen molar-refractivity contribution in [1.29, 1.82) is 0 Å². The first kappa shape index (κ1) is 21.1. The van der Waals surface area contributed by atoms with Crippen LogP contribution in [-0.2, 0) is 14.3 Å². The second-order valence-corrected chi connectivity index (χ2v) is 7.36. The average molecular weight is 399 g/mol. The molecule has 0 N–H and O–H groups in total. The number of ether oxygens (including phenoxy) is 3. The summed E-state index contributed by atoms with van der Waals surface area (Å²) >= 11 is 0. The number of methoxy groups -OCH3 is 1. The van der Waals surface area contributed by atoms with E-state index in [-0.39, 0.29) is 11.8 Å². The topological polar surface area (TPSA) is 74.2 Å². The minimum Gasteiger partial charge on any atom is -0.493 e. The van der Waals surface area contributed by atoms with Crippen molar-refractivity contribution in [2.24, 2.45) is 10.9 Å². The van der Waals surface area contributed by atoms with Gasteiger partial charge >= 0.3 is 5.97 Å². The van der Waals surface area contributed by atoms with Gasteiger partial charge < -0.3 is 14.2 Å². The van der Waals surface area contributed by atoms with E-state index < -0.39 is 11.8 Å². The Labute approximate surface area is 171 Å². The van der Waals surface area contributed by atoms with Crippen LogP contribution in [0.4, 0.5) is 0 Å². The lowest BCUT2D eigenvalue weighted by Crippen LogP contribution is -2.37. The van der Waals surface area contributed by atoms with Gasteiger partial charge in [0.2, 0.25) is 0 Å². The van der Waals surface area contributed by atoms with E-state index in [9.17, 15) is 9.59 Å². The van der Waals surface area contributed by atoms with Crippen LogP contribution in [-0.4, -0.2) is 37.8 Å². The van der Waals surface area contributed by atoms with Crippen LogP contribution in [0.2, 0.25) is 0 Å². The molecule has 0 amide bonds. The van der Waals surface area contributed by atoms with Crippen LogP contribution in [0.1, 0.15) is 57.9 Å². The second kappa shape index (κ2) is 9.25. The minimum atomic E-state index is -0.620. The largest absolute Gasteiger partial charge is 0.493 e.